The SMILES string of the molecule is Cc1ccc(F)c(C2C(CNC3CC3)CCCN2C)c1. The molecule has 2 unspecified atom stereocenters. The zero-order chi connectivity index (χ0) is 14.1. The van der Waals surface area contributed by atoms with Gasteiger partial charge in [0, 0.05) is 24.2 Å². The highest BCUT2D eigenvalue weighted by Gasteiger charge is 2.33. The summed E-state index contributed by atoms with van der Waals surface area (Å²) in [6.07, 6.45) is 5.04. The number of halogens is 1. The summed E-state index contributed by atoms with van der Waals surface area (Å²) in [5, 5.41) is 3.63. The van der Waals surface area contributed by atoms with Gasteiger partial charge >= 0.3 is 0 Å². The van der Waals surface area contributed by atoms with Gasteiger partial charge in [0.2, 0.25) is 0 Å². The summed E-state index contributed by atoms with van der Waals surface area (Å²) in [7, 11) is 2.13. The highest BCUT2D eigenvalue weighted by molar-refractivity contribution is 5.28. The predicted molar refractivity (Wildman–Crippen MR) is 80.3 cm³/mol. The minimum Gasteiger partial charge on any atom is -0.314 e. The summed E-state index contributed by atoms with van der Waals surface area (Å²) in [6.45, 7) is 4.13. The number of aryl methyl sites for hydroxylation is 1. The van der Waals surface area contributed by atoms with E-state index in [-0.39, 0.29) is 11.9 Å². The summed E-state index contributed by atoms with van der Waals surface area (Å²) < 4.78 is 14.3. The Morgan fingerprint density at radius 3 is 2.85 bits per heavy atom. The minimum absolute atomic E-state index is 0.0502. The van der Waals surface area contributed by atoms with Crippen molar-refractivity contribution < 1.29 is 4.39 Å². The van der Waals surface area contributed by atoms with E-state index in [4.69, 9.17) is 0 Å². The number of nitrogens with one attached hydrogen (secondary N) is 1. The number of benzene rings is 1. The summed E-state index contributed by atoms with van der Waals surface area (Å²) in [6, 6.07) is 6.46. The Kier molecular flexibility index (Phi) is 4.08. The molecule has 3 heteroatoms. The van der Waals surface area contributed by atoms with Crippen LogP contribution in [0.4, 0.5) is 4.39 Å². The lowest BCUT2D eigenvalue weighted by atomic mass is 9.84. The van der Waals surface area contributed by atoms with E-state index in [1.165, 1.54) is 25.7 Å². The van der Waals surface area contributed by atoms with Crippen molar-refractivity contribution in [3.8, 4) is 0 Å². The average molecular weight is 276 g/mol. The van der Waals surface area contributed by atoms with Crippen molar-refractivity contribution in [1.82, 2.24) is 10.2 Å². The van der Waals surface area contributed by atoms with Crippen LogP contribution in [0.2, 0.25) is 0 Å². The Bertz CT molecular complexity index is 470. The zero-order valence-corrected chi connectivity index (χ0v) is 12.5. The van der Waals surface area contributed by atoms with Gasteiger partial charge < -0.3 is 5.32 Å². The summed E-state index contributed by atoms with van der Waals surface area (Å²) >= 11 is 0. The number of nitrogens with zero attached hydrogens (tertiary/aromatic N) is 1. The Labute approximate surface area is 121 Å². The molecule has 0 aromatic heterocycles. The fraction of sp³-hybridized carbons (Fsp3) is 0.647. The van der Waals surface area contributed by atoms with Gasteiger partial charge in [-0.25, -0.2) is 4.39 Å². The van der Waals surface area contributed by atoms with Crippen molar-refractivity contribution in [2.45, 2.75) is 44.7 Å². The van der Waals surface area contributed by atoms with Crippen molar-refractivity contribution in [2.75, 3.05) is 20.1 Å². The molecule has 2 aliphatic rings. The normalized spacial score (nSPS) is 27.8. The third kappa shape index (κ3) is 3.04. The summed E-state index contributed by atoms with van der Waals surface area (Å²) in [5.41, 5.74) is 2.03. The van der Waals surface area contributed by atoms with Gasteiger partial charge in [-0.3, -0.25) is 4.90 Å². The van der Waals surface area contributed by atoms with Gasteiger partial charge in [-0.05, 0) is 58.2 Å². The van der Waals surface area contributed by atoms with Crippen molar-refractivity contribution in [1.29, 1.82) is 0 Å². The minimum atomic E-state index is -0.0502. The first kappa shape index (κ1) is 14.0. The Balaban J connectivity index is 1.82. The van der Waals surface area contributed by atoms with Crippen LogP contribution in [-0.2, 0) is 0 Å². The second kappa shape index (κ2) is 5.82. The van der Waals surface area contributed by atoms with Crippen LogP contribution in [0.15, 0.2) is 18.2 Å². The fourth-order valence-electron chi connectivity index (χ4n) is 3.46. The van der Waals surface area contributed by atoms with Crippen LogP contribution < -0.4 is 5.32 Å². The lowest BCUT2D eigenvalue weighted by Crippen LogP contribution is -2.41. The van der Waals surface area contributed by atoms with E-state index in [1.807, 2.05) is 19.1 Å². The van der Waals surface area contributed by atoms with E-state index >= 15 is 0 Å². The van der Waals surface area contributed by atoms with Gasteiger partial charge in [0.1, 0.15) is 5.82 Å². The van der Waals surface area contributed by atoms with Gasteiger partial charge in [-0.2, -0.15) is 0 Å². The van der Waals surface area contributed by atoms with Gasteiger partial charge in [-0.1, -0.05) is 17.7 Å². The standard InChI is InChI=1S/C17H25FN2/c1-12-5-8-16(18)15(10-12)17-13(4-3-9-20(17)2)11-19-14-6-7-14/h5,8,10,13-14,17,19H,3-4,6-7,9,11H2,1-2H3. The second-order valence-corrected chi connectivity index (χ2v) is 6.54. The molecule has 1 saturated carbocycles. The topological polar surface area (TPSA) is 15.3 Å². The Morgan fingerprint density at radius 2 is 2.10 bits per heavy atom. The van der Waals surface area contributed by atoms with Gasteiger partial charge in [-0.15, -0.1) is 0 Å². The van der Waals surface area contributed by atoms with Crippen molar-refractivity contribution in [2.24, 2.45) is 5.92 Å². The molecule has 1 aliphatic heterocycles. The zero-order valence-electron chi connectivity index (χ0n) is 12.5. The molecule has 20 heavy (non-hydrogen) atoms. The van der Waals surface area contributed by atoms with E-state index in [9.17, 15) is 4.39 Å². The van der Waals surface area contributed by atoms with E-state index in [1.54, 1.807) is 6.07 Å². The largest absolute Gasteiger partial charge is 0.314 e. The molecule has 1 saturated heterocycles. The second-order valence-electron chi connectivity index (χ2n) is 6.54. The third-order valence-corrected chi connectivity index (χ3v) is 4.72. The molecule has 3 rings (SSSR count). The van der Waals surface area contributed by atoms with Crippen LogP contribution in [0.1, 0.15) is 42.9 Å². The molecule has 2 nitrogen and oxygen atoms in total. The lowest BCUT2D eigenvalue weighted by molar-refractivity contribution is 0.116. The molecule has 1 N–H and O–H groups in total. The smallest absolute Gasteiger partial charge is 0.128 e. The molecular weight excluding hydrogens is 251 g/mol. The molecule has 0 spiro atoms. The summed E-state index contributed by atoms with van der Waals surface area (Å²) in [5.74, 6) is 0.469. The van der Waals surface area contributed by atoms with Crippen LogP contribution in [0.5, 0.6) is 0 Å². The third-order valence-electron chi connectivity index (χ3n) is 4.72. The van der Waals surface area contributed by atoms with Crippen LogP contribution in [0.25, 0.3) is 0 Å². The highest BCUT2D eigenvalue weighted by Crippen LogP contribution is 2.36. The van der Waals surface area contributed by atoms with E-state index in [2.05, 4.69) is 17.3 Å². The molecule has 1 aromatic carbocycles. The highest BCUT2D eigenvalue weighted by atomic mass is 19.1. The fourth-order valence-corrected chi connectivity index (χ4v) is 3.46. The van der Waals surface area contributed by atoms with Gasteiger partial charge in [0.25, 0.3) is 0 Å². The van der Waals surface area contributed by atoms with E-state index < -0.39 is 0 Å². The maximum Gasteiger partial charge on any atom is 0.128 e. The molecule has 1 aliphatic carbocycles. The first-order valence-electron chi connectivity index (χ1n) is 7.85. The lowest BCUT2D eigenvalue weighted by Gasteiger charge is -2.40. The number of hydrogen-bond acceptors (Lipinski definition) is 2. The molecule has 0 radical (unpaired) electrons. The maximum atomic E-state index is 14.3. The van der Waals surface area contributed by atoms with Crippen LogP contribution in [0, 0.1) is 18.7 Å². The monoisotopic (exact) mass is 276 g/mol. The molecule has 0 amide bonds. The van der Waals surface area contributed by atoms with E-state index in [0.29, 0.717) is 5.92 Å². The molecular formula is C17H25FN2. The first-order valence-corrected chi connectivity index (χ1v) is 7.85. The average Bonchev–Trinajstić information content (AvgIpc) is 3.24. The van der Waals surface area contributed by atoms with Gasteiger partial charge in [0.15, 0.2) is 0 Å². The number of hydrogen-bond donors (Lipinski definition) is 1. The molecule has 2 atom stereocenters. The molecule has 0 bridgehead atoms. The van der Waals surface area contributed by atoms with Crippen molar-refractivity contribution >= 4 is 0 Å². The van der Waals surface area contributed by atoms with Crippen LogP contribution in [-0.4, -0.2) is 31.1 Å². The maximum absolute atomic E-state index is 14.3. The first-order chi connectivity index (χ1) is 9.65. The molecule has 110 valence electrons. The number of likely N-dealkylation sites (tertiary alicyclic amines) is 1. The van der Waals surface area contributed by atoms with Crippen LogP contribution in [0.3, 0.4) is 0 Å². The number of rotatable bonds is 4. The molecule has 1 aromatic rings. The molecule has 2 fully saturated rings. The number of piperidine rings is 1. The van der Waals surface area contributed by atoms with Crippen molar-refractivity contribution in [3.63, 3.8) is 0 Å². The van der Waals surface area contributed by atoms with E-state index in [0.717, 1.165) is 30.3 Å². The quantitative estimate of drug-likeness (QED) is 0.908. The predicted octanol–water partition coefficient (Wildman–Crippen LogP) is 3.27. The Morgan fingerprint density at radius 1 is 1.30 bits per heavy atom. The summed E-state index contributed by atoms with van der Waals surface area (Å²) in [4.78, 5) is 2.33. The van der Waals surface area contributed by atoms with Crippen LogP contribution >= 0.6 is 0 Å². The Hall–Kier alpha value is -0.930. The molecule has 1 heterocycles. The van der Waals surface area contributed by atoms with Crippen molar-refractivity contribution in [3.05, 3.63) is 35.1 Å². The van der Waals surface area contributed by atoms with Gasteiger partial charge in [0.05, 0.1) is 0 Å².